The fourth-order valence-electron chi connectivity index (χ4n) is 3.63. The molecule has 1 aromatic carbocycles. The number of anilines is 1. The normalized spacial score (nSPS) is 15.4. The quantitative estimate of drug-likeness (QED) is 0.550. The molecular weight excluding hydrogens is 354 g/mol. The van der Waals surface area contributed by atoms with Gasteiger partial charge < -0.3 is 0 Å². The molecule has 0 spiro atoms. The lowest BCUT2D eigenvalue weighted by molar-refractivity contribution is 0.545. The van der Waals surface area contributed by atoms with Crippen LogP contribution in [0.4, 0.5) is 5.82 Å². The minimum absolute atomic E-state index is 0.104. The lowest BCUT2D eigenvalue weighted by Crippen LogP contribution is -2.41. The molecule has 0 saturated carbocycles. The molecule has 0 saturated heterocycles. The van der Waals surface area contributed by atoms with E-state index in [1.807, 2.05) is 52.6 Å². The summed E-state index contributed by atoms with van der Waals surface area (Å²) in [4.78, 5) is 13.8. The van der Waals surface area contributed by atoms with Crippen LogP contribution in [-0.2, 0) is 0 Å². The van der Waals surface area contributed by atoms with Gasteiger partial charge in [-0.3, -0.25) is 14.1 Å². The molecule has 4 aromatic rings. The topological polar surface area (TPSA) is 104 Å². The Morgan fingerprint density at radius 1 is 1.11 bits per heavy atom. The maximum Gasteiger partial charge on any atom is 0.237 e. The van der Waals surface area contributed by atoms with Crippen molar-refractivity contribution in [1.82, 2.24) is 34.3 Å². The SMILES string of the molecule is CCC1c2nnc(C)n2-c2cnc(-n3ccnc3-c3ccccc3)nc2N1N. The smallest absolute Gasteiger partial charge is 0.237 e. The van der Waals surface area contributed by atoms with Gasteiger partial charge in [0, 0.05) is 18.0 Å². The molecule has 2 N–H and O–H groups in total. The van der Waals surface area contributed by atoms with Crippen LogP contribution in [0.5, 0.6) is 0 Å². The second-order valence-corrected chi connectivity index (χ2v) is 6.64. The van der Waals surface area contributed by atoms with Crippen LogP contribution in [0.2, 0.25) is 0 Å². The van der Waals surface area contributed by atoms with E-state index in [0.717, 1.165) is 35.1 Å². The van der Waals surface area contributed by atoms with Crippen molar-refractivity contribution in [2.45, 2.75) is 26.3 Å². The standard InChI is InChI=1S/C19H19N9/c1-3-14-18-25-24-12(2)27(18)15-11-22-19(23-17(15)28(14)20)26-10-9-21-16(26)13-7-5-4-6-8-13/h4-11,14H,3,20H2,1-2H3. The predicted molar refractivity (Wildman–Crippen MR) is 104 cm³/mol. The first-order valence-corrected chi connectivity index (χ1v) is 9.11. The number of fused-ring (bicyclic) bond motifs is 3. The second kappa shape index (κ2) is 6.24. The average Bonchev–Trinajstić information content (AvgIpc) is 3.36. The first-order chi connectivity index (χ1) is 13.7. The zero-order valence-electron chi connectivity index (χ0n) is 15.6. The monoisotopic (exact) mass is 373 g/mol. The Labute approximate surface area is 161 Å². The van der Waals surface area contributed by atoms with Crippen molar-refractivity contribution in [2.75, 3.05) is 5.01 Å². The molecule has 9 nitrogen and oxygen atoms in total. The van der Waals surface area contributed by atoms with Gasteiger partial charge in [-0.15, -0.1) is 10.2 Å². The molecule has 1 aliphatic heterocycles. The van der Waals surface area contributed by atoms with E-state index < -0.39 is 0 Å². The first-order valence-electron chi connectivity index (χ1n) is 9.11. The molecule has 0 aliphatic carbocycles. The van der Waals surface area contributed by atoms with Gasteiger partial charge in [-0.25, -0.2) is 15.8 Å². The van der Waals surface area contributed by atoms with Crippen LogP contribution in [0.3, 0.4) is 0 Å². The highest BCUT2D eigenvalue weighted by Crippen LogP contribution is 2.36. The van der Waals surface area contributed by atoms with Crippen molar-refractivity contribution in [2.24, 2.45) is 5.84 Å². The summed E-state index contributed by atoms with van der Waals surface area (Å²) in [6.07, 6.45) is 6.13. The van der Waals surface area contributed by atoms with Gasteiger partial charge in [0.2, 0.25) is 5.95 Å². The van der Waals surface area contributed by atoms with Crippen LogP contribution in [0.15, 0.2) is 48.9 Å². The van der Waals surface area contributed by atoms with Crippen LogP contribution >= 0.6 is 0 Å². The molecule has 140 valence electrons. The van der Waals surface area contributed by atoms with Crippen molar-refractivity contribution in [3.63, 3.8) is 0 Å². The summed E-state index contributed by atoms with van der Waals surface area (Å²) in [7, 11) is 0. The molecule has 0 radical (unpaired) electrons. The Hall–Kier alpha value is -3.59. The molecule has 0 fully saturated rings. The van der Waals surface area contributed by atoms with Crippen molar-refractivity contribution >= 4 is 5.82 Å². The molecule has 1 aliphatic rings. The van der Waals surface area contributed by atoms with Crippen LogP contribution in [0, 0.1) is 6.92 Å². The van der Waals surface area contributed by atoms with E-state index in [0.29, 0.717) is 11.8 Å². The summed E-state index contributed by atoms with van der Waals surface area (Å²) in [5.41, 5.74) is 1.76. The number of aryl methyl sites for hydroxylation is 1. The molecule has 28 heavy (non-hydrogen) atoms. The lowest BCUT2D eigenvalue weighted by Gasteiger charge is -2.33. The third kappa shape index (κ3) is 2.33. The van der Waals surface area contributed by atoms with Gasteiger partial charge in [-0.05, 0) is 13.3 Å². The Morgan fingerprint density at radius 3 is 2.71 bits per heavy atom. The molecule has 1 unspecified atom stereocenters. The van der Waals surface area contributed by atoms with Gasteiger partial charge in [0.25, 0.3) is 0 Å². The third-order valence-electron chi connectivity index (χ3n) is 4.98. The molecule has 1 atom stereocenters. The maximum absolute atomic E-state index is 6.43. The second-order valence-electron chi connectivity index (χ2n) is 6.64. The number of rotatable bonds is 3. The number of aromatic nitrogens is 7. The Kier molecular flexibility index (Phi) is 3.69. The number of nitrogens with two attached hydrogens (primary N) is 1. The number of hydrogen-bond acceptors (Lipinski definition) is 7. The molecule has 9 heteroatoms. The summed E-state index contributed by atoms with van der Waals surface area (Å²) in [6.45, 7) is 3.98. The summed E-state index contributed by atoms with van der Waals surface area (Å²) in [6, 6.07) is 9.84. The molecule has 3 aromatic heterocycles. The minimum atomic E-state index is -0.104. The van der Waals surface area contributed by atoms with E-state index in [1.165, 1.54) is 0 Å². The van der Waals surface area contributed by atoms with E-state index in [9.17, 15) is 0 Å². The number of nitrogens with zero attached hydrogens (tertiary/aromatic N) is 8. The first kappa shape index (κ1) is 16.6. The maximum atomic E-state index is 6.43. The van der Waals surface area contributed by atoms with Gasteiger partial charge in [-0.1, -0.05) is 37.3 Å². The van der Waals surface area contributed by atoms with E-state index in [-0.39, 0.29) is 6.04 Å². The fraction of sp³-hybridized carbons (Fsp3) is 0.211. The van der Waals surface area contributed by atoms with Crippen molar-refractivity contribution in [3.05, 3.63) is 60.6 Å². The van der Waals surface area contributed by atoms with Gasteiger partial charge in [-0.2, -0.15) is 4.98 Å². The number of imidazole rings is 1. The number of hydrogen-bond donors (Lipinski definition) is 1. The zero-order valence-corrected chi connectivity index (χ0v) is 15.6. The zero-order chi connectivity index (χ0) is 19.3. The summed E-state index contributed by atoms with van der Waals surface area (Å²) in [5, 5.41) is 10.2. The minimum Gasteiger partial charge on any atom is -0.282 e. The number of benzene rings is 1. The molecule has 4 heterocycles. The van der Waals surface area contributed by atoms with Gasteiger partial charge in [0.05, 0.1) is 6.20 Å². The largest absolute Gasteiger partial charge is 0.282 e. The molecule has 0 bridgehead atoms. The average molecular weight is 373 g/mol. The fourth-order valence-corrected chi connectivity index (χ4v) is 3.63. The van der Waals surface area contributed by atoms with Crippen LogP contribution in [0.1, 0.15) is 31.0 Å². The van der Waals surface area contributed by atoms with E-state index in [1.54, 1.807) is 17.4 Å². The molecule has 0 amide bonds. The lowest BCUT2D eigenvalue weighted by atomic mass is 10.1. The van der Waals surface area contributed by atoms with Gasteiger partial charge in [0.1, 0.15) is 23.4 Å². The van der Waals surface area contributed by atoms with Crippen molar-refractivity contribution < 1.29 is 0 Å². The number of hydrazine groups is 1. The van der Waals surface area contributed by atoms with E-state index >= 15 is 0 Å². The highest BCUT2D eigenvalue weighted by Gasteiger charge is 2.33. The van der Waals surface area contributed by atoms with Crippen LogP contribution in [0.25, 0.3) is 23.0 Å². The van der Waals surface area contributed by atoms with Crippen LogP contribution in [-0.4, -0.2) is 34.3 Å². The van der Waals surface area contributed by atoms with E-state index in [4.69, 9.17) is 10.8 Å². The molecule has 5 rings (SSSR count). The van der Waals surface area contributed by atoms with Crippen molar-refractivity contribution in [3.8, 4) is 23.0 Å². The third-order valence-corrected chi connectivity index (χ3v) is 4.98. The highest BCUT2D eigenvalue weighted by atomic mass is 15.5. The highest BCUT2D eigenvalue weighted by molar-refractivity contribution is 5.63. The van der Waals surface area contributed by atoms with Crippen LogP contribution < -0.4 is 10.9 Å². The van der Waals surface area contributed by atoms with Crippen molar-refractivity contribution in [1.29, 1.82) is 0 Å². The van der Waals surface area contributed by atoms with Gasteiger partial charge in [0.15, 0.2) is 11.6 Å². The molecular formula is C19H19N9. The predicted octanol–water partition coefficient (Wildman–Crippen LogP) is 2.36. The Balaban J connectivity index is 1.67. The summed E-state index contributed by atoms with van der Waals surface area (Å²) < 4.78 is 3.83. The Morgan fingerprint density at radius 2 is 1.93 bits per heavy atom. The van der Waals surface area contributed by atoms with E-state index in [2.05, 4.69) is 27.1 Å². The van der Waals surface area contributed by atoms with Gasteiger partial charge >= 0.3 is 0 Å². The summed E-state index contributed by atoms with van der Waals surface area (Å²) >= 11 is 0. The Bertz CT molecular complexity index is 1150. The summed E-state index contributed by atoms with van der Waals surface area (Å²) in [5.74, 6) is 9.94.